The summed E-state index contributed by atoms with van der Waals surface area (Å²) >= 11 is 25.0. The summed E-state index contributed by atoms with van der Waals surface area (Å²) in [5.74, 6) is 0.384. The Morgan fingerprint density at radius 1 is 1.00 bits per heavy atom. The molecule has 0 saturated carbocycles. The van der Waals surface area contributed by atoms with Gasteiger partial charge in [0.25, 0.3) is 0 Å². The van der Waals surface area contributed by atoms with Gasteiger partial charge in [0.15, 0.2) is 0 Å². The molecule has 152 valence electrons. The monoisotopic (exact) mass is 476 g/mol. The minimum absolute atomic E-state index is 0.0854. The van der Waals surface area contributed by atoms with Gasteiger partial charge in [-0.25, -0.2) is 0 Å². The van der Waals surface area contributed by atoms with Gasteiger partial charge in [0.1, 0.15) is 17.4 Å². The Labute approximate surface area is 194 Å². The number of allylic oxidation sites excluding steroid dienone is 3. The van der Waals surface area contributed by atoms with Crippen molar-refractivity contribution in [3.63, 3.8) is 0 Å². The Kier molecular flexibility index (Phi) is 6.04. The van der Waals surface area contributed by atoms with Gasteiger partial charge in [-0.3, -0.25) is 0 Å². The zero-order valence-electron chi connectivity index (χ0n) is 15.7. The summed E-state index contributed by atoms with van der Waals surface area (Å²) in [5.41, 5.74) is 10.1. The Hall–Kier alpha value is -2.09. The maximum absolute atomic E-state index is 9.79. The van der Waals surface area contributed by atoms with Gasteiger partial charge >= 0.3 is 0 Å². The largest absolute Gasteiger partial charge is 0.440 e. The quantitative estimate of drug-likeness (QED) is 0.483. The van der Waals surface area contributed by atoms with E-state index in [0.29, 0.717) is 31.4 Å². The molecule has 0 radical (unpaired) electrons. The molecule has 0 fully saturated rings. The van der Waals surface area contributed by atoms with Crippen LogP contribution in [-0.2, 0) is 4.74 Å². The summed E-state index contributed by atoms with van der Waals surface area (Å²) in [6.07, 6.45) is 4.45. The van der Waals surface area contributed by atoms with E-state index in [1.807, 2.05) is 18.2 Å². The smallest absolute Gasteiger partial charge is 0.205 e. The van der Waals surface area contributed by atoms with Crippen molar-refractivity contribution in [1.29, 1.82) is 5.26 Å². The molecule has 0 aromatic heterocycles. The molecule has 1 aliphatic carbocycles. The molecule has 2 N–H and O–H groups in total. The van der Waals surface area contributed by atoms with Crippen molar-refractivity contribution in [1.82, 2.24) is 0 Å². The first-order valence-electron chi connectivity index (χ1n) is 9.30. The lowest BCUT2D eigenvalue weighted by molar-refractivity contribution is 0.277. The molecule has 1 heterocycles. The van der Waals surface area contributed by atoms with Gasteiger partial charge in [0.2, 0.25) is 5.88 Å². The molecule has 0 spiro atoms. The molecule has 3 nitrogen and oxygen atoms in total. The first kappa shape index (κ1) is 21.2. The van der Waals surface area contributed by atoms with Crippen LogP contribution in [0, 0.1) is 11.3 Å². The summed E-state index contributed by atoms with van der Waals surface area (Å²) in [6.45, 7) is 0. The summed E-state index contributed by atoms with van der Waals surface area (Å²) in [6, 6.07) is 12.8. The molecule has 2 aliphatic rings. The van der Waals surface area contributed by atoms with Crippen LogP contribution >= 0.6 is 46.4 Å². The minimum Gasteiger partial charge on any atom is -0.440 e. The van der Waals surface area contributed by atoms with E-state index in [4.69, 9.17) is 56.9 Å². The second-order valence-corrected chi connectivity index (χ2v) is 8.82. The fourth-order valence-corrected chi connectivity index (χ4v) is 4.91. The molecule has 0 saturated heterocycles. The van der Waals surface area contributed by atoms with Gasteiger partial charge in [-0.2, -0.15) is 5.26 Å². The molecule has 1 aliphatic heterocycles. The van der Waals surface area contributed by atoms with Crippen LogP contribution < -0.4 is 5.73 Å². The standard InChI is InChI=1S/C23H16Cl4N2O/c24-14-5-4-12(19(26)9-14)8-13-2-1-3-17-21(16-7-6-15(25)10-20(16)27)18(11-28)23(29)30-22(13)17/h4-10,21H,1-3,29H2/b13-8+/t21-/m1/s1. The van der Waals surface area contributed by atoms with Gasteiger partial charge in [0, 0.05) is 20.1 Å². The van der Waals surface area contributed by atoms with Crippen molar-refractivity contribution in [3.05, 3.63) is 96.0 Å². The lowest BCUT2D eigenvalue weighted by Crippen LogP contribution is -2.24. The van der Waals surface area contributed by atoms with Crippen molar-refractivity contribution in [3.8, 4) is 6.07 Å². The molecule has 2 aromatic rings. The Bertz CT molecular complexity index is 1170. The van der Waals surface area contributed by atoms with Gasteiger partial charge < -0.3 is 10.5 Å². The van der Waals surface area contributed by atoms with Crippen LogP contribution in [0.15, 0.2) is 64.8 Å². The van der Waals surface area contributed by atoms with E-state index in [-0.39, 0.29) is 11.8 Å². The highest BCUT2D eigenvalue weighted by atomic mass is 35.5. The van der Waals surface area contributed by atoms with Crippen LogP contribution in [0.4, 0.5) is 0 Å². The SMILES string of the molecule is N#CC1=C(N)OC2=C(CCC/C2=C\c2ccc(Cl)cc2Cl)[C@H]1c1ccc(Cl)cc1Cl. The minimum atomic E-state index is -0.382. The molecular formula is C23H16Cl4N2O. The predicted molar refractivity (Wildman–Crippen MR) is 122 cm³/mol. The van der Waals surface area contributed by atoms with Gasteiger partial charge in [-0.1, -0.05) is 58.5 Å². The zero-order valence-corrected chi connectivity index (χ0v) is 18.7. The zero-order chi connectivity index (χ0) is 21.4. The van der Waals surface area contributed by atoms with E-state index in [9.17, 15) is 5.26 Å². The van der Waals surface area contributed by atoms with Crippen molar-refractivity contribution in [2.24, 2.45) is 5.73 Å². The predicted octanol–water partition coefficient (Wildman–Crippen LogP) is 7.63. The Morgan fingerprint density at radius 2 is 1.70 bits per heavy atom. The fraction of sp³-hybridized carbons (Fsp3) is 0.174. The van der Waals surface area contributed by atoms with E-state index < -0.39 is 0 Å². The van der Waals surface area contributed by atoms with Crippen LogP contribution in [0.3, 0.4) is 0 Å². The van der Waals surface area contributed by atoms with E-state index in [1.165, 1.54) is 0 Å². The maximum Gasteiger partial charge on any atom is 0.205 e. The number of halogens is 4. The topological polar surface area (TPSA) is 59.0 Å². The first-order chi connectivity index (χ1) is 14.4. The van der Waals surface area contributed by atoms with Crippen LogP contribution in [-0.4, -0.2) is 0 Å². The first-order valence-corrected chi connectivity index (χ1v) is 10.8. The number of nitrogens with zero attached hydrogens (tertiary/aromatic N) is 1. The summed E-state index contributed by atoms with van der Waals surface area (Å²) in [4.78, 5) is 0. The Balaban J connectivity index is 1.87. The number of ether oxygens (including phenoxy) is 1. The van der Waals surface area contributed by atoms with Crippen molar-refractivity contribution < 1.29 is 4.74 Å². The van der Waals surface area contributed by atoms with Gasteiger partial charge in [0.05, 0.1) is 5.92 Å². The molecule has 1 atom stereocenters. The molecule has 30 heavy (non-hydrogen) atoms. The van der Waals surface area contributed by atoms with E-state index in [0.717, 1.165) is 41.5 Å². The molecule has 0 bridgehead atoms. The molecular weight excluding hydrogens is 462 g/mol. The van der Waals surface area contributed by atoms with Crippen LogP contribution in [0.5, 0.6) is 0 Å². The van der Waals surface area contributed by atoms with Crippen molar-refractivity contribution in [2.45, 2.75) is 25.2 Å². The number of benzene rings is 2. The average Bonchev–Trinajstić information content (AvgIpc) is 2.70. The molecule has 4 rings (SSSR count). The van der Waals surface area contributed by atoms with Crippen molar-refractivity contribution in [2.75, 3.05) is 0 Å². The molecule has 0 unspecified atom stereocenters. The van der Waals surface area contributed by atoms with E-state index >= 15 is 0 Å². The number of hydrogen-bond acceptors (Lipinski definition) is 3. The normalized spacial score (nSPS) is 20.1. The number of nitriles is 1. The van der Waals surface area contributed by atoms with Crippen LogP contribution in [0.1, 0.15) is 36.3 Å². The second-order valence-electron chi connectivity index (χ2n) is 7.13. The van der Waals surface area contributed by atoms with E-state index in [1.54, 1.807) is 24.3 Å². The Morgan fingerprint density at radius 3 is 2.37 bits per heavy atom. The number of hydrogen-bond donors (Lipinski definition) is 1. The van der Waals surface area contributed by atoms with E-state index in [2.05, 4.69) is 6.07 Å². The van der Waals surface area contributed by atoms with Crippen LogP contribution in [0.25, 0.3) is 6.08 Å². The number of rotatable bonds is 2. The highest BCUT2D eigenvalue weighted by Crippen LogP contribution is 2.48. The lowest BCUT2D eigenvalue weighted by atomic mass is 9.77. The third-order valence-corrected chi connectivity index (χ3v) is 6.40. The number of nitrogens with two attached hydrogens (primary N) is 1. The third-order valence-electron chi connectivity index (χ3n) is 5.28. The van der Waals surface area contributed by atoms with Gasteiger partial charge in [-0.15, -0.1) is 0 Å². The van der Waals surface area contributed by atoms with Crippen molar-refractivity contribution >= 4 is 52.5 Å². The third kappa shape index (κ3) is 3.94. The summed E-state index contributed by atoms with van der Waals surface area (Å²) in [7, 11) is 0. The van der Waals surface area contributed by atoms with Gasteiger partial charge in [-0.05, 0) is 71.9 Å². The maximum atomic E-state index is 9.79. The van der Waals surface area contributed by atoms with Crippen LogP contribution in [0.2, 0.25) is 20.1 Å². The molecule has 2 aromatic carbocycles. The fourth-order valence-electron chi connectivity index (χ4n) is 3.93. The molecule has 7 heteroatoms. The lowest BCUT2D eigenvalue weighted by Gasteiger charge is -2.33. The second kappa shape index (κ2) is 8.57. The molecule has 0 amide bonds. The summed E-state index contributed by atoms with van der Waals surface area (Å²) < 4.78 is 5.97. The average molecular weight is 478 g/mol. The highest BCUT2D eigenvalue weighted by Gasteiger charge is 2.36. The highest BCUT2D eigenvalue weighted by molar-refractivity contribution is 6.36. The summed E-state index contributed by atoms with van der Waals surface area (Å²) in [5, 5.41) is 11.9.